The second-order valence-electron chi connectivity index (χ2n) is 4.90. The van der Waals surface area contributed by atoms with Crippen molar-refractivity contribution < 1.29 is 17.9 Å². The molecule has 1 saturated heterocycles. The standard InChI is InChI=1S/C14H18BrNO4S/c1-2-14(17)20-10-12-4-3-9-16(12)21(18,19)13-7-5-11(15)6-8-13/h5-8,12H,2-4,9-10H2,1H3/t12-/m1/s1. The summed E-state index contributed by atoms with van der Waals surface area (Å²) < 4.78 is 32.7. The summed E-state index contributed by atoms with van der Waals surface area (Å²) >= 11 is 3.29. The van der Waals surface area contributed by atoms with Crippen molar-refractivity contribution in [3.05, 3.63) is 28.7 Å². The normalized spacial score (nSPS) is 19.6. The minimum absolute atomic E-state index is 0.127. The zero-order chi connectivity index (χ0) is 15.5. The lowest BCUT2D eigenvalue weighted by Crippen LogP contribution is -2.38. The first-order valence-corrected chi connectivity index (χ1v) is 9.11. The Bertz CT molecular complexity index is 600. The second kappa shape index (κ2) is 6.89. The van der Waals surface area contributed by atoms with E-state index in [9.17, 15) is 13.2 Å². The Kier molecular flexibility index (Phi) is 5.40. The maximum absolute atomic E-state index is 12.6. The zero-order valence-corrected chi connectivity index (χ0v) is 14.2. The fourth-order valence-electron chi connectivity index (χ4n) is 2.33. The fraction of sp³-hybridized carbons (Fsp3) is 0.500. The van der Waals surface area contributed by atoms with Gasteiger partial charge in [-0.1, -0.05) is 22.9 Å². The van der Waals surface area contributed by atoms with E-state index in [1.165, 1.54) is 4.31 Å². The topological polar surface area (TPSA) is 63.7 Å². The number of rotatable bonds is 5. The van der Waals surface area contributed by atoms with Crippen LogP contribution in [0.1, 0.15) is 26.2 Å². The van der Waals surface area contributed by atoms with E-state index in [2.05, 4.69) is 15.9 Å². The molecule has 0 N–H and O–H groups in total. The van der Waals surface area contributed by atoms with Crippen molar-refractivity contribution in [3.63, 3.8) is 0 Å². The molecule has 116 valence electrons. The van der Waals surface area contributed by atoms with Crippen LogP contribution in [0.4, 0.5) is 0 Å². The predicted molar refractivity (Wildman–Crippen MR) is 82.3 cm³/mol. The molecule has 1 aliphatic rings. The smallest absolute Gasteiger partial charge is 0.305 e. The molecule has 1 aliphatic heterocycles. The molecule has 0 amide bonds. The first-order valence-electron chi connectivity index (χ1n) is 6.88. The van der Waals surface area contributed by atoms with Crippen LogP contribution in [0.3, 0.4) is 0 Å². The minimum Gasteiger partial charge on any atom is -0.464 e. The lowest BCUT2D eigenvalue weighted by molar-refractivity contribution is -0.144. The maximum Gasteiger partial charge on any atom is 0.305 e. The highest BCUT2D eigenvalue weighted by atomic mass is 79.9. The van der Waals surface area contributed by atoms with Gasteiger partial charge in [-0.05, 0) is 37.1 Å². The van der Waals surface area contributed by atoms with Gasteiger partial charge in [-0.15, -0.1) is 0 Å². The van der Waals surface area contributed by atoms with Crippen LogP contribution in [0.25, 0.3) is 0 Å². The summed E-state index contributed by atoms with van der Waals surface area (Å²) in [5.41, 5.74) is 0. The monoisotopic (exact) mass is 375 g/mol. The van der Waals surface area contributed by atoms with Gasteiger partial charge in [-0.3, -0.25) is 4.79 Å². The lowest BCUT2D eigenvalue weighted by Gasteiger charge is -2.23. The third kappa shape index (κ3) is 3.84. The largest absolute Gasteiger partial charge is 0.464 e. The van der Waals surface area contributed by atoms with Gasteiger partial charge in [0.05, 0.1) is 10.9 Å². The number of hydrogen-bond acceptors (Lipinski definition) is 4. The van der Waals surface area contributed by atoms with E-state index in [1.54, 1.807) is 31.2 Å². The molecular formula is C14H18BrNO4S. The summed E-state index contributed by atoms with van der Waals surface area (Å²) in [6.45, 7) is 2.31. The van der Waals surface area contributed by atoms with Crippen LogP contribution in [0.2, 0.25) is 0 Å². The maximum atomic E-state index is 12.6. The van der Waals surface area contributed by atoms with Crippen molar-refractivity contribution in [2.24, 2.45) is 0 Å². The minimum atomic E-state index is -3.54. The Morgan fingerprint density at radius 2 is 2.05 bits per heavy atom. The molecule has 0 radical (unpaired) electrons. The highest BCUT2D eigenvalue weighted by Crippen LogP contribution is 2.27. The molecular weight excluding hydrogens is 358 g/mol. The Morgan fingerprint density at radius 3 is 2.67 bits per heavy atom. The van der Waals surface area contributed by atoms with Crippen molar-refractivity contribution in [2.75, 3.05) is 13.2 Å². The summed E-state index contributed by atoms with van der Waals surface area (Å²) in [5, 5.41) is 0. The van der Waals surface area contributed by atoms with Gasteiger partial charge < -0.3 is 4.74 Å². The molecule has 1 aromatic carbocycles. The number of hydrogen-bond donors (Lipinski definition) is 0. The number of halogens is 1. The molecule has 0 aliphatic carbocycles. The van der Waals surface area contributed by atoms with E-state index in [1.807, 2.05) is 0 Å². The molecule has 0 aromatic heterocycles. The highest BCUT2D eigenvalue weighted by Gasteiger charge is 2.35. The third-order valence-corrected chi connectivity index (χ3v) is 5.96. The van der Waals surface area contributed by atoms with Gasteiger partial charge in [0.15, 0.2) is 0 Å². The summed E-state index contributed by atoms with van der Waals surface area (Å²) in [7, 11) is -3.54. The van der Waals surface area contributed by atoms with Crippen LogP contribution >= 0.6 is 15.9 Å². The quantitative estimate of drug-likeness (QED) is 0.741. The fourth-order valence-corrected chi connectivity index (χ4v) is 4.27. The molecule has 0 unspecified atom stereocenters. The Morgan fingerprint density at radius 1 is 1.38 bits per heavy atom. The van der Waals surface area contributed by atoms with Gasteiger partial charge in [0.25, 0.3) is 0 Å². The molecule has 1 atom stereocenters. The number of nitrogens with zero attached hydrogens (tertiary/aromatic N) is 1. The number of sulfonamides is 1. The average molecular weight is 376 g/mol. The van der Waals surface area contributed by atoms with Crippen LogP contribution in [0.5, 0.6) is 0 Å². The van der Waals surface area contributed by atoms with E-state index < -0.39 is 10.0 Å². The SMILES string of the molecule is CCC(=O)OC[C@H]1CCCN1S(=O)(=O)c1ccc(Br)cc1. The van der Waals surface area contributed by atoms with E-state index in [0.29, 0.717) is 19.4 Å². The Labute approximate surface area is 133 Å². The summed E-state index contributed by atoms with van der Waals surface area (Å²) in [5.74, 6) is -0.303. The van der Waals surface area contributed by atoms with Crippen LogP contribution in [-0.4, -0.2) is 37.9 Å². The molecule has 0 bridgehead atoms. The molecule has 21 heavy (non-hydrogen) atoms. The lowest BCUT2D eigenvalue weighted by atomic mass is 10.2. The average Bonchev–Trinajstić information content (AvgIpc) is 2.94. The van der Waals surface area contributed by atoms with Gasteiger partial charge in [0, 0.05) is 17.4 Å². The molecule has 7 heteroatoms. The third-order valence-electron chi connectivity index (χ3n) is 3.47. The molecule has 5 nitrogen and oxygen atoms in total. The number of carbonyl (C=O) groups is 1. The van der Waals surface area contributed by atoms with E-state index in [0.717, 1.165) is 10.9 Å². The second-order valence-corrected chi connectivity index (χ2v) is 7.71. The number of esters is 1. The Hall–Kier alpha value is -0.920. The summed E-state index contributed by atoms with van der Waals surface area (Å²) in [6.07, 6.45) is 1.79. The molecule has 1 aromatic rings. The first kappa shape index (κ1) is 16.5. The van der Waals surface area contributed by atoms with E-state index in [-0.39, 0.29) is 23.5 Å². The van der Waals surface area contributed by atoms with Gasteiger partial charge in [0.2, 0.25) is 10.0 Å². The molecule has 1 fully saturated rings. The molecule has 0 saturated carbocycles. The van der Waals surface area contributed by atoms with Crippen LogP contribution in [0.15, 0.2) is 33.6 Å². The molecule has 0 spiro atoms. The van der Waals surface area contributed by atoms with Crippen molar-refractivity contribution in [1.29, 1.82) is 0 Å². The van der Waals surface area contributed by atoms with Gasteiger partial charge >= 0.3 is 5.97 Å². The number of benzene rings is 1. The van der Waals surface area contributed by atoms with Gasteiger partial charge in [-0.25, -0.2) is 8.42 Å². The Balaban J connectivity index is 2.14. The van der Waals surface area contributed by atoms with Crippen molar-refractivity contribution in [3.8, 4) is 0 Å². The number of ether oxygens (including phenoxy) is 1. The number of carbonyl (C=O) groups excluding carboxylic acids is 1. The van der Waals surface area contributed by atoms with Crippen LogP contribution < -0.4 is 0 Å². The summed E-state index contributed by atoms with van der Waals surface area (Å²) in [4.78, 5) is 11.5. The van der Waals surface area contributed by atoms with E-state index >= 15 is 0 Å². The molecule has 2 rings (SSSR count). The van der Waals surface area contributed by atoms with Gasteiger partial charge in [0.1, 0.15) is 6.61 Å². The molecule has 1 heterocycles. The van der Waals surface area contributed by atoms with Crippen LogP contribution in [-0.2, 0) is 19.6 Å². The van der Waals surface area contributed by atoms with Crippen molar-refractivity contribution in [2.45, 2.75) is 37.1 Å². The predicted octanol–water partition coefficient (Wildman–Crippen LogP) is 2.56. The zero-order valence-electron chi connectivity index (χ0n) is 11.8. The van der Waals surface area contributed by atoms with Crippen molar-refractivity contribution >= 4 is 31.9 Å². The highest BCUT2D eigenvalue weighted by molar-refractivity contribution is 9.10. The van der Waals surface area contributed by atoms with Crippen LogP contribution in [0, 0.1) is 0 Å². The van der Waals surface area contributed by atoms with E-state index in [4.69, 9.17) is 4.74 Å². The van der Waals surface area contributed by atoms with Gasteiger partial charge in [-0.2, -0.15) is 4.31 Å². The van der Waals surface area contributed by atoms with Crippen molar-refractivity contribution in [1.82, 2.24) is 4.31 Å². The summed E-state index contributed by atoms with van der Waals surface area (Å²) in [6, 6.07) is 6.29. The first-order chi connectivity index (χ1) is 9.95.